The highest BCUT2D eigenvalue weighted by Crippen LogP contribution is 2.15. The van der Waals surface area contributed by atoms with Crippen molar-refractivity contribution in [2.45, 2.75) is 32.4 Å². The molecule has 0 aromatic carbocycles. The lowest BCUT2D eigenvalue weighted by Crippen LogP contribution is -2.18. The molecule has 0 bridgehead atoms. The highest BCUT2D eigenvalue weighted by Gasteiger charge is 2.19. The van der Waals surface area contributed by atoms with Crippen LogP contribution in [0.2, 0.25) is 0 Å². The summed E-state index contributed by atoms with van der Waals surface area (Å²) in [7, 11) is 0. The zero-order valence-electron chi connectivity index (χ0n) is 8.64. The first-order valence-corrected chi connectivity index (χ1v) is 5.41. The minimum absolute atomic E-state index is 0.254. The molecule has 5 nitrogen and oxygen atoms in total. The highest BCUT2D eigenvalue weighted by atomic mass is 32.1. The van der Waals surface area contributed by atoms with Crippen LogP contribution in [0, 0.1) is 6.92 Å². The van der Waals surface area contributed by atoms with Crippen molar-refractivity contribution in [1.82, 2.24) is 15.0 Å². The summed E-state index contributed by atoms with van der Waals surface area (Å²) in [5.74, 6) is 0. The zero-order chi connectivity index (χ0) is 10.8. The van der Waals surface area contributed by atoms with Crippen molar-refractivity contribution in [3.05, 3.63) is 11.4 Å². The molecule has 1 saturated heterocycles. The average Bonchev–Trinajstić information content (AvgIpc) is 2.78. The molecule has 1 aromatic heterocycles. The summed E-state index contributed by atoms with van der Waals surface area (Å²) in [6.07, 6.45) is 2.46. The Balaban J connectivity index is 2.11. The summed E-state index contributed by atoms with van der Waals surface area (Å²) in [5, 5.41) is 7.97. The van der Waals surface area contributed by atoms with Crippen LogP contribution in [0.4, 0.5) is 0 Å². The van der Waals surface area contributed by atoms with E-state index < -0.39 is 0 Å². The van der Waals surface area contributed by atoms with Crippen LogP contribution in [0.3, 0.4) is 0 Å². The average molecular weight is 226 g/mol. The van der Waals surface area contributed by atoms with Gasteiger partial charge in [0.1, 0.15) is 10.7 Å². The van der Waals surface area contributed by atoms with Gasteiger partial charge in [-0.25, -0.2) is 4.68 Å². The summed E-state index contributed by atoms with van der Waals surface area (Å²) in [4.78, 5) is 0.297. The number of aromatic nitrogens is 3. The number of ether oxygens (including phenoxy) is 1. The lowest BCUT2D eigenvalue weighted by Gasteiger charge is -2.09. The number of hydrogen-bond acceptors (Lipinski definition) is 4. The van der Waals surface area contributed by atoms with Crippen LogP contribution < -0.4 is 5.73 Å². The number of rotatable bonds is 3. The summed E-state index contributed by atoms with van der Waals surface area (Å²) in [6.45, 7) is 3.51. The van der Waals surface area contributed by atoms with Gasteiger partial charge in [0.05, 0.1) is 18.3 Å². The van der Waals surface area contributed by atoms with E-state index in [2.05, 4.69) is 10.3 Å². The molecule has 1 aliphatic heterocycles. The third kappa shape index (κ3) is 2.15. The quantitative estimate of drug-likeness (QED) is 0.756. The van der Waals surface area contributed by atoms with Gasteiger partial charge < -0.3 is 10.5 Å². The maximum atomic E-state index is 5.53. The minimum atomic E-state index is 0.254. The van der Waals surface area contributed by atoms with Crippen LogP contribution in [0.15, 0.2) is 0 Å². The van der Waals surface area contributed by atoms with Gasteiger partial charge in [-0.1, -0.05) is 17.4 Å². The number of nitrogens with two attached hydrogens (primary N) is 1. The highest BCUT2D eigenvalue weighted by molar-refractivity contribution is 7.80. The molecule has 0 aliphatic carbocycles. The second kappa shape index (κ2) is 4.24. The molecule has 6 heteroatoms. The van der Waals surface area contributed by atoms with Crippen molar-refractivity contribution < 1.29 is 4.74 Å². The van der Waals surface area contributed by atoms with Crippen molar-refractivity contribution in [3.8, 4) is 0 Å². The Morgan fingerprint density at radius 1 is 1.73 bits per heavy atom. The van der Waals surface area contributed by atoms with E-state index in [1.807, 2.05) is 11.6 Å². The summed E-state index contributed by atoms with van der Waals surface area (Å²) in [6, 6.07) is 0. The van der Waals surface area contributed by atoms with Crippen LogP contribution in [0.25, 0.3) is 0 Å². The fourth-order valence-electron chi connectivity index (χ4n) is 1.74. The molecule has 0 amide bonds. The van der Waals surface area contributed by atoms with Crippen LogP contribution in [0.5, 0.6) is 0 Å². The molecule has 1 aromatic rings. The molecule has 2 heterocycles. The van der Waals surface area contributed by atoms with E-state index in [4.69, 9.17) is 22.7 Å². The van der Waals surface area contributed by atoms with Gasteiger partial charge in [-0.2, -0.15) is 0 Å². The molecule has 2 N–H and O–H groups in total. The summed E-state index contributed by atoms with van der Waals surface area (Å²) < 4.78 is 7.34. The Kier molecular flexibility index (Phi) is 2.97. The van der Waals surface area contributed by atoms with Crippen molar-refractivity contribution >= 4 is 17.2 Å². The summed E-state index contributed by atoms with van der Waals surface area (Å²) in [5.41, 5.74) is 7.05. The van der Waals surface area contributed by atoms with E-state index in [0.717, 1.165) is 31.7 Å². The van der Waals surface area contributed by atoms with Crippen LogP contribution >= 0.6 is 12.2 Å². The van der Waals surface area contributed by atoms with Crippen molar-refractivity contribution in [2.24, 2.45) is 5.73 Å². The number of hydrogen-bond donors (Lipinski definition) is 1. The van der Waals surface area contributed by atoms with Gasteiger partial charge in [-0.05, 0) is 19.8 Å². The van der Waals surface area contributed by atoms with E-state index in [1.165, 1.54) is 0 Å². The Morgan fingerprint density at radius 2 is 2.53 bits per heavy atom. The van der Waals surface area contributed by atoms with Crippen LogP contribution in [-0.4, -0.2) is 32.7 Å². The minimum Gasteiger partial charge on any atom is -0.388 e. The molecule has 1 fully saturated rings. The van der Waals surface area contributed by atoms with Crippen molar-refractivity contribution in [2.75, 3.05) is 6.61 Å². The molecule has 15 heavy (non-hydrogen) atoms. The first-order chi connectivity index (χ1) is 7.18. The molecule has 1 unspecified atom stereocenters. The first kappa shape index (κ1) is 10.5. The van der Waals surface area contributed by atoms with Gasteiger partial charge in [-0.15, -0.1) is 5.10 Å². The first-order valence-electron chi connectivity index (χ1n) is 5.00. The predicted molar refractivity (Wildman–Crippen MR) is 59.6 cm³/mol. The van der Waals surface area contributed by atoms with E-state index in [1.54, 1.807) is 0 Å². The van der Waals surface area contributed by atoms with Crippen LogP contribution in [0.1, 0.15) is 24.2 Å². The fourth-order valence-corrected chi connectivity index (χ4v) is 1.93. The fraction of sp³-hybridized carbons (Fsp3) is 0.667. The Labute approximate surface area is 93.6 Å². The molecule has 0 spiro atoms. The Morgan fingerprint density at radius 3 is 3.07 bits per heavy atom. The maximum Gasteiger partial charge on any atom is 0.142 e. The molecular formula is C9H14N4OS. The van der Waals surface area contributed by atoms with E-state index in [9.17, 15) is 0 Å². The molecule has 1 atom stereocenters. The maximum absolute atomic E-state index is 5.53. The third-order valence-electron chi connectivity index (χ3n) is 2.62. The predicted octanol–water partition coefficient (Wildman–Crippen LogP) is 0.400. The van der Waals surface area contributed by atoms with Gasteiger partial charge in [0, 0.05) is 6.61 Å². The lowest BCUT2D eigenvalue weighted by atomic mass is 10.2. The van der Waals surface area contributed by atoms with Gasteiger partial charge >= 0.3 is 0 Å². The normalized spacial score (nSPS) is 20.7. The Hall–Kier alpha value is -1.01. The van der Waals surface area contributed by atoms with Crippen LogP contribution in [-0.2, 0) is 11.3 Å². The molecule has 2 rings (SSSR count). The Bertz CT molecular complexity index is 370. The molecule has 1 aliphatic rings. The topological polar surface area (TPSA) is 66.0 Å². The molecule has 0 saturated carbocycles. The standard InChI is InChI=1S/C9H14N4OS/c1-6-8(9(10)15)11-12-13(6)5-7-3-2-4-14-7/h7H,2-5H2,1H3,(H2,10,15). The summed E-state index contributed by atoms with van der Waals surface area (Å²) >= 11 is 4.88. The zero-order valence-corrected chi connectivity index (χ0v) is 9.46. The second-order valence-electron chi connectivity index (χ2n) is 3.70. The second-order valence-corrected chi connectivity index (χ2v) is 4.14. The van der Waals surface area contributed by atoms with E-state index in [0.29, 0.717) is 10.7 Å². The van der Waals surface area contributed by atoms with Gasteiger partial charge in [-0.3, -0.25) is 0 Å². The van der Waals surface area contributed by atoms with Gasteiger partial charge in [0.15, 0.2) is 0 Å². The van der Waals surface area contributed by atoms with E-state index >= 15 is 0 Å². The molecule has 0 radical (unpaired) electrons. The van der Waals surface area contributed by atoms with Gasteiger partial charge in [0.25, 0.3) is 0 Å². The van der Waals surface area contributed by atoms with Gasteiger partial charge in [0.2, 0.25) is 0 Å². The lowest BCUT2D eigenvalue weighted by molar-refractivity contribution is 0.0929. The molecular weight excluding hydrogens is 212 g/mol. The largest absolute Gasteiger partial charge is 0.388 e. The third-order valence-corrected chi connectivity index (χ3v) is 2.81. The van der Waals surface area contributed by atoms with E-state index in [-0.39, 0.29) is 6.10 Å². The molecule has 82 valence electrons. The monoisotopic (exact) mass is 226 g/mol. The number of thiocarbonyl (C=S) groups is 1. The number of nitrogens with zero attached hydrogens (tertiary/aromatic N) is 3. The smallest absolute Gasteiger partial charge is 0.142 e. The van der Waals surface area contributed by atoms with Crippen molar-refractivity contribution in [1.29, 1.82) is 0 Å². The SMILES string of the molecule is Cc1c(C(N)=S)nnn1CC1CCCO1. The van der Waals surface area contributed by atoms with Crippen molar-refractivity contribution in [3.63, 3.8) is 0 Å².